The molecule has 1 aromatic rings. The van der Waals surface area contributed by atoms with Gasteiger partial charge in [0.25, 0.3) is 5.91 Å². The lowest BCUT2D eigenvalue weighted by molar-refractivity contribution is 0.0930. The molecule has 0 aromatic carbocycles. The Bertz CT molecular complexity index is 469. The fraction of sp³-hybridized carbons (Fsp3) is 0.538. The molecular formula is C13H18ClN3OS. The molecule has 1 saturated carbocycles. The molecule has 0 saturated heterocycles. The smallest absolute Gasteiger partial charge is 0.253 e. The van der Waals surface area contributed by atoms with Crippen molar-refractivity contribution in [3.8, 4) is 0 Å². The molecule has 1 fully saturated rings. The minimum Gasteiger partial charge on any atom is -0.397 e. The Labute approximate surface area is 122 Å². The third-order valence-electron chi connectivity index (χ3n) is 3.47. The van der Waals surface area contributed by atoms with Crippen molar-refractivity contribution in [3.63, 3.8) is 0 Å². The minimum absolute atomic E-state index is 0.159. The van der Waals surface area contributed by atoms with Crippen molar-refractivity contribution in [1.82, 2.24) is 10.3 Å². The number of carbonyl (C=O) groups excluding carboxylic acids is 1. The summed E-state index contributed by atoms with van der Waals surface area (Å²) in [7, 11) is 0. The summed E-state index contributed by atoms with van der Waals surface area (Å²) in [6.07, 6.45) is 8.08. The zero-order valence-electron chi connectivity index (χ0n) is 10.9. The van der Waals surface area contributed by atoms with Gasteiger partial charge < -0.3 is 11.1 Å². The van der Waals surface area contributed by atoms with Gasteiger partial charge in [0.05, 0.1) is 17.4 Å². The molecule has 1 amide bonds. The molecular weight excluding hydrogens is 282 g/mol. The summed E-state index contributed by atoms with van der Waals surface area (Å²) in [5.41, 5.74) is 6.54. The molecule has 3 N–H and O–H groups in total. The first kappa shape index (κ1) is 14.5. The van der Waals surface area contributed by atoms with Crippen molar-refractivity contribution in [3.05, 3.63) is 23.0 Å². The summed E-state index contributed by atoms with van der Waals surface area (Å²) in [6, 6.07) is 1.73. The average molecular weight is 300 g/mol. The highest BCUT2D eigenvalue weighted by atomic mass is 35.5. The van der Waals surface area contributed by atoms with Crippen molar-refractivity contribution in [2.45, 2.75) is 37.0 Å². The highest BCUT2D eigenvalue weighted by Crippen LogP contribution is 2.27. The van der Waals surface area contributed by atoms with Gasteiger partial charge in [0, 0.05) is 11.3 Å². The van der Waals surface area contributed by atoms with E-state index in [0.717, 1.165) is 19.3 Å². The minimum atomic E-state index is -0.159. The van der Waals surface area contributed by atoms with Crippen LogP contribution in [-0.2, 0) is 0 Å². The number of hydrogen-bond donors (Lipinski definition) is 2. The monoisotopic (exact) mass is 299 g/mol. The Hall–Kier alpha value is -0.940. The molecule has 0 bridgehead atoms. The van der Waals surface area contributed by atoms with E-state index in [9.17, 15) is 4.79 Å². The predicted molar refractivity (Wildman–Crippen MR) is 80.7 cm³/mol. The predicted octanol–water partition coefficient (Wildman–Crippen LogP) is 2.72. The number of amides is 1. The van der Waals surface area contributed by atoms with Gasteiger partial charge in [0.15, 0.2) is 0 Å². The number of hydrogen-bond acceptors (Lipinski definition) is 4. The number of nitrogen functional groups attached to an aromatic ring is 1. The summed E-state index contributed by atoms with van der Waals surface area (Å²) < 4.78 is 0. The van der Waals surface area contributed by atoms with Crippen LogP contribution in [0, 0.1) is 0 Å². The maximum absolute atomic E-state index is 12.3. The Balaban J connectivity index is 2.09. The van der Waals surface area contributed by atoms with Crippen LogP contribution in [0.5, 0.6) is 0 Å². The number of nitrogens with one attached hydrogen (secondary N) is 1. The zero-order chi connectivity index (χ0) is 13.8. The fourth-order valence-electron chi connectivity index (χ4n) is 2.43. The molecule has 2 atom stereocenters. The van der Waals surface area contributed by atoms with E-state index in [0.29, 0.717) is 16.5 Å². The Morgan fingerprint density at radius 2 is 2.26 bits per heavy atom. The van der Waals surface area contributed by atoms with Gasteiger partial charge in [-0.3, -0.25) is 4.79 Å². The van der Waals surface area contributed by atoms with Crippen molar-refractivity contribution >= 4 is 35.0 Å². The molecule has 4 nitrogen and oxygen atoms in total. The van der Waals surface area contributed by atoms with Gasteiger partial charge in [0.1, 0.15) is 5.15 Å². The summed E-state index contributed by atoms with van der Waals surface area (Å²) in [6.45, 7) is 0. The van der Waals surface area contributed by atoms with E-state index in [1.54, 1.807) is 0 Å². The second-order valence-corrected chi connectivity index (χ2v) is 6.20. The first-order chi connectivity index (χ1) is 9.11. The molecule has 6 heteroatoms. The normalized spacial score (nSPS) is 23.1. The number of anilines is 1. The molecule has 0 aliphatic heterocycles. The fourth-order valence-corrected chi connectivity index (χ4v) is 3.52. The van der Waals surface area contributed by atoms with Gasteiger partial charge in [-0.05, 0) is 25.2 Å². The molecule has 104 valence electrons. The number of nitrogens with zero attached hydrogens (tertiary/aromatic N) is 1. The van der Waals surface area contributed by atoms with E-state index in [1.807, 2.05) is 11.8 Å². The van der Waals surface area contributed by atoms with Crippen molar-refractivity contribution < 1.29 is 4.79 Å². The van der Waals surface area contributed by atoms with Crippen molar-refractivity contribution in [2.75, 3.05) is 12.0 Å². The Morgan fingerprint density at radius 3 is 3.00 bits per heavy atom. The van der Waals surface area contributed by atoms with Crippen LogP contribution in [0.3, 0.4) is 0 Å². The van der Waals surface area contributed by atoms with Gasteiger partial charge in [-0.1, -0.05) is 24.4 Å². The molecule has 2 rings (SSSR count). The first-order valence-corrected chi connectivity index (χ1v) is 8.03. The highest BCUT2D eigenvalue weighted by Gasteiger charge is 2.26. The SMILES string of the molecule is CSC1CCCCC1NC(=O)c1cc(Cl)ncc1N. The van der Waals surface area contributed by atoms with Crippen molar-refractivity contribution in [2.24, 2.45) is 0 Å². The van der Waals surface area contributed by atoms with Crippen LogP contribution in [-0.4, -0.2) is 28.4 Å². The number of halogens is 1. The maximum atomic E-state index is 12.3. The van der Waals surface area contributed by atoms with Crippen LogP contribution in [0.15, 0.2) is 12.3 Å². The summed E-state index contributed by atoms with van der Waals surface area (Å²) in [5.74, 6) is -0.159. The molecule has 0 spiro atoms. The van der Waals surface area contributed by atoms with E-state index in [1.165, 1.54) is 18.7 Å². The standard InChI is InChI=1S/C13H18ClN3OS/c1-19-11-5-3-2-4-10(11)17-13(18)8-6-12(14)16-7-9(8)15/h6-7,10-11H,2-5,15H2,1H3,(H,17,18). The van der Waals surface area contributed by atoms with E-state index >= 15 is 0 Å². The maximum Gasteiger partial charge on any atom is 0.253 e. The van der Waals surface area contributed by atoms with E-state index in [4.69, 9.17) is 17.3 Å². The number of carbonyl (C=O) groups is 1. The second-order valence-electron chi connectivity index (χ2n) is 4.73. The molecule has 2 unspecified atom stereocenters. The summed E-state index contributed by atoms with van der Waals surface area (Å²) >= 11 is 7.62. The third-order valence-corrected chi connectivity index (χ3v) is 4.84. The van der Waals surface area contributed by atoms with Crippen LogP contribution in [0.4, 0.5) is 5.69 Å². The molecule has 19 heavy (non-hydrogen) atoms. The largest absolute Gasteiger partial charge is 0.397 e. The van der Waals surface area contributed by atoms with Crippen LogP contribution in [0.25, 0.3) is 0 Å². The lowest BCUT2D eigenvalue weighted by Gasteiger charge is -2.31. The van der Waals surface area contributed by atoms with E-state index in [2.05, 4.69) is 16.6 Å². The van der Waals surface area contributed by atoms with Crippen molar-refractivity contribution in [1.29, 1.82) is 0 Å². The summed E-state index contributed by atoms with van der Waals surface area (Å²) in [5, 5.41) is 3.84. The molecule has 1 heterocycles. The lowest BCUT2D eigenvalue weighted by atomic mass is 9.94. The van der Waals surface area contributed by atoms with E-state index < -0.39 is 0 Å². The summed E-state index contributed by atoms with van der Waals surface area (Å²) in [4.78, 5) is 16.1. The van der Waals surface area contributed by atoms with Crippen LogP contribution in [0.1, 0.15) is 36.0 Å². The number of thioether (sulfide) groups is 1. The molecule has 1 aromatic heterocycles. The van der Waals surface area contributed by atoms with Gasteiger partial charge in [0.2, 0.25) is 0 Å². The van der Waals surface area contributed by atoms with Gasteiger partial charge in [-0.2, -0.15) is 11.8 Å². The number of nitrogens with two attached hydrogens (primary N) is 1. The lowest BCUT2D eigenvalue weighted by Crippen LogP contribution is -2.43. The first-order valence-electron chi connectivity index (χ1n) is 6.36. The Morgan fingerprint density at radius 1 is 1.53 bits per heavy atom. The van der Waals surface area contributed by atoms with Gasteiger partial charge >= 0.3 is 0 Å². The molecule has 0 radical (unpaired) electrons. The molecule has 1 aliphatic rings. The average Bonchev–Trinajstić information content (AvgIpc) is 2.42. The third kappa shape index (κ3) is 3.54. The van der Waals surface area contributed by atoms with E-state index in [-0.39, 0.29) is 17.1 Å². The van der Waals surface area contributed by atoms with Crippen LogP contribution < -0.4 is 11.1 Å². The van der Waals surface area contributed by atoms with Crippen LogP contribution >= 0.6 is 23.4 Å². The highest BCUT2D eigenvalue weighted by molar-refractivity contribution is 7.99. The van der Waals surface area contributed by atoms with Gasteiger partial charge in [-0.15, -0.1) is 0 Å². The number of pyridine rings is 1. The topological polar surface area (TPSA) is 68.0 Å². The number of rotatable bonds is 3. The zero-order valence-corrected chi connectivity index (χ0v) is 12.4. The quantitative estimate of drug-likeness (QED) is 0.842. The van der Waals surface area contributed by atoms with Crippen LogP contribution in [0.2, 0.25) is 5.15 Å². The van der Waals surface area contributed by atoms with Gasteiger partial charge in [-0.25, -0.2) is 4.98 Å². The Kier molecular flexibility index (Phi) is 4.93. The second kappa shape index (κ2) is 6.48. The molecule has 1 aliphatic carbocycles. The number of aromatic nitrogens is 1.